The highest BCUT2D eigenvalue weighted by Crippen LogP contribution is 2.39. The highest BCUT2D eigenvalue weighted by atomic mass is 15.4. The Morgan fingerprint density at radius 2 is 2.14 bits per heavy atom. The third-order valence-corrected chi connectivity index (χ3v) is 3.57. The van der Waals surface area contributed by atoms with Gasteiger partial charge in [-0.1, -0.05) is 5.21 Å². The van der Waals surface area contributed by atoms with Crippen LogP contribution in [-0.4, -0.2) is 31.5 Å². The molecule has 8 heteroatoms. The minimum absolute atomic E-state index is 0.494. The van der Waals surface area contributed by atoms with Crippen LogP contribution in [0.25, 0.3) is 0 Å². The molecule has 0 aliphatic heterocycles. The molecule has 21 heavy (non-hydrogen) atoms. The van der Waals surface area contributed by atoms with Gasteiger partial charge in [-0.15, -0.1) is 5.10 Å². The van der Waals surface area contributed by atoms with Crippen molar-refractivity contribution < 1.29 is 0 Å². The van der Waals surface area contributed by atoms with Crippen LogP contribution < -0.4 is 16.6 Å². The molecular weight excluding hydrogens is 268 g/mol. The Kier molecular flexibility index (Phi) is 3.96. The van der Waals surface area contributed by atoms with Crippen LogP contribution >= 0.6 is 0 Å². The van der Waals surface area contributed by atoms with Crippen molar-refractivity contribution >= 4 is 11.6 Å². The molecule has 4 N–H and O–H groups in total. The van der Waals surface area contributed by atoms with Gasteiger partial charge in [-0.3, -0.25) is 4.68 Å². The lowest BCUT2D eigenvalue weighted by atomic mass is 10.2. The lowest BCUT2D eigenvalue weighted by molar-refractivity contribution is 0.569. The number of hydrogen-bond acceptors (Lipinski definition) is 7. The molecule has 0 aromatic carbocycles. The lowest BCUT2D eigenvalue weighted by Crippen LogP contribution is -2.15. The van der Waals surface area contributed by atoms with Crippen LogP contribution in [0.1, 0.15) is 36.6 Å². The first-order valence-corrected chi connectivity index (χ1v) is 7.21. The second-order valence-corrected chi connectivity index (χ2v) is 5.27. The van der Waals surface area contributed by atoms with Crippen LogP contribution in [0.4, 0.5) is 11.6 Å². The Hall–Kier alpha value is -2.22. The van der Waals surface area contributed by atoms with Gasteiger partial charge in [0.25, 0.3) is 0 Å². The summed E-state index contributed by atoms with van der Waals surface area (Å²) in [6, 6.07) is 0. The third-order valence-electron chi connectivity index (χ3n) is 3.57. The number of anilines is 2. The van der Waals surface area contributed by atoms with E-state index in [1.165, 1.54) is 12.8 Å². The van der Waals surface area contributed by atoms with Gasteiger partial charge in [0.15, 0.2) is 0 Å². The van der Waals surface area contributed by atoms with E-state index < -0.39 is 0 Å². The van der Waals surface area contributed by atoms with E-state index >= 15 is 0 Å². The summed E-state index contributed by atoms with van der Waals surface area (Å²) in [7, 11) is 0. The Labute approximate surface area is 123 Å². The van der Waals surface area contributed by atoms with Crippen LogP contribution in [0.2, 0.25) is 0 Å². The minimum atomic E-state index is 0.494. The lowest BCUT2D eigenvalue weighted by Gasteiger charge is -2.13. The fourth-order valence-corrected chi connectivity index (χ4v) is 2.17. The molecule has 0 unspecified atom stereocenters. The average Bonchev–Trinajstić information content (AvgIpc) is 3.22. The van der Waals surface area contributed by atoms with Crippen molar-refractivity contribution in [1.82, 2.24) is 25.0 Å². The molecule has 0 spiro atoms. The standard InChI is InChI=1S/C13H20N8/c1-9-11(15-5-2-7-21-8-6-16-20-21)17-13(10-3-4-10)18-12(9)19-14/h6,8,10H,2-5,7,14H2,1H3,(H2,15,17,18,19). The summed E-state index contributed by atoms with van der Waals surface area (Å²) < 4.78 is 1.82. The normalized spacial score (nSPS) is 14.2. The van der Waals surface area contributed by atoms with E-state index in [2.05, 4.69) is 31.0 Å². The summed E-state index contributed by atoms with van der Waals surface area (Å²) in [4.78, 5) is 9.10. The SMILES string of the molecule is Cc1c(NN)nc(C2CC2)nc1NCCCn1ccnn1. The van der Waals surface area contributed by atoms with Gasteiger partial charge in [-0.05, 0) is 26.2 Å². The number of hydrogen-bond donors (Lipinski definition) is 3. The van der Waals surface area contributed by atoms with Crippen molar-refractivity contribution in [2.24, 2.45) is 5.84 Å². The Balaban J connectivity index is 1.62. The second kappa shape index (κ2) is 6.04. The van der Waals surface area contributed by atoms with Crippen molar-refractivity contribution in [3.8, 4) is 0 Å². The quantitative estimate of drug-likeness (QED) is 0.397. The van der Waals surface area contributed by atoms with E-state index in [0.717, 1.165) is 36.7 Å². The van der Waals surface area contributed by atoms with E-state index in [1.54, 1.807) is 6.20 Å². The first kappa shape index (κ1) is 13.7. The first-order valence-electron chi connectivity index (χ1n) is 7.21. The molecule has 1 aliphatic carbocycles. The van der Waals surface area contributed by atoms with E-state index in [-0.39, 0.29) is 0 Å². The molecule has 8 nitrogen and oxygen atoms in total. The average molecular weight is 288 g/mol. The number of nitrogens with zero attached hydrogens (tertiary/aromatic N) is 5. The highest BCUT2D eigenvalue weighted by Gasteiger charge is 2.28. The summed E-state index contributed by atoms with van der Waals surface area (Å²) in [5.41, 5.74) is 3.60. The number of nitrogens with one attached hydrogen (secondary N) is 2. The van der Waals surface area contributed by atoms with Crippen molar-refractivity contribution in [3.05, 3.63) is 23.8 Å². The third kappa shape index (κ3) is 3.27. The Bertz CT molecular complexity index is 590. The molecule has 0 saturated heterocycles. The van der Waals surface area contributed by atoms with Gasteiger partial charge < -0.3 is 10.7 Å². The molecule has 3 rings (SSSR count). The van der Waals surface area contributed by atoms with E-state index in [4.69, 9.17) is 5.84 Å². The molecule has 0 bridgehead atoms. The predicted octanol–water partition coefficient (Wildman–Crippen LogP) is 1.04. The molecule has 2 aromatic heterocycles. The van der Waals surface area contributed by atoms with E-state index in [9.17, 15) is 0 Å². The van der Waals surface area contributed by atoms with Crippen LogP contribution in [0, 0.1) is 6.92 Å². The monoisotopic (exact) mass is 288 g/mol. The van der Waals surface area contributed by atoms with E-state index in [0.29, 0.717) is 11.7 Å². The van der Waals surface area contributed by atoms with Gasteiger partial charge in [0.2, 0.25) is 0 Å². The molecule has 1 fully saturated rings. The van der Waals surface area contributed by atoms with Crippen molar-refractivity contribution in [2.45, 2.75) is 38.6 Å². The van der Waals surface area contributed by atoms with Gasteiger partial charge in [0.1, 0.15) is 17.5 Å². The fourth-order valence-electron chi connectivity index (χ4n) is 2.17. The zero-order chi connectivity index (χ0) is 14.7. The van der Waals surface area contributed by atoms with E-state index in [1.807, 2.05) is 17.8 Å². The van der Waals surface area contributed by atoms with Crippen LogP contribution in [0.15, 0.2) is 12.4 Å². The van der Waals surface area contributed by atoms with Gasteiger partial charge >= 0.3 is 0 Å². The van der Waals surface area contributed by atoms with Gasteiger partial charge in [0.05, 0.1) is 6.20 Å². The Morgan fingerprint density at radius 3 is 2.81 bits per heavy atom. The van der Waals surface area contributed by atoms with Crippen molar-refractivity contribution in [3.63, 3.8) is 0 Å². The number of aryl methyl sites for hydroxylation is 1. The molecule has 1 saturated carbocycles. The van der Waals surface area contributed by atoms with Crippen LogP contribution in [-0.2, 0) is 6.54 Å². The molecule has 0 amide bonds. The topological polar surface area (TPSA) is 107 Å². The molecule has 2 aromatic rings. The summed E-state index contributed by atoms with van der Waals surface area (Å²) in [5.74, 6) is 8.48. The maximum Gasteiger partial charge on any atom is 0.148 e. The number of aromatic nitrogens is 5. The van der Waals surface area contributed by atoms with Crippen molar-refractivity contribution in [2.75, 3.05) is 17.3 Å². The number of hydrazine groups is 1. The molecule has 1 aliphatic rings. The maximum absolute atomic E-state index is 5.54. The summed E-state index contributed by atoms with van der Waals surface area (Å²) in [6.45, 7) is 3.60. The minimum Gasteiger partial charge on any atom is -0.370 e. The Morgan fingerprint density at radius 1 is 1.33 bits per heavy atom. The molecule has 0 radical (unpaired) electrons. The molecule has 0 atom stereocenters. The zero-order valence-electron chi connectivity index (χ0n) is 12.1. The molecule has 112 valence electrons. The van der Waals surface area contributed by atoms with Crippen LogP contribution in [0.3, 0.4) is 0 Å². The zero-order valence-corrected chi connectivity index (χ0v) is 12.1. The predicted molar refractivity (Wildman–Crippen MR) is 79.7 cm³/mol. The fraction of sp³-hybridized carbons (Fsp3) is 0.538. The molecule has 2 heterocycles. The summed E-state index contributed by atoms with van der Waals surface area (Å²) in [6.07, 6.45) is 6.81. The smallest absolute Gasteiger partial charge is 0.148 e. The van der Waals surface area contributed by atoms with Crippen molar-refractivity contribution in [1.29, 1.82) is 0 Å². The van der Waals surface area contributed by atoms with Gasteiger partial charge in [-0.2, -0.15) is 0 Å². The largest absolute Gasteiger partial charge is 0.370 e. The second-order valence-electron chi connectivity index (χ2n) is 5.27. The van der Waals surface area contributed by atoms with Crippen LogP contribution in [0.5, 0.6) is 0 Å². The number of rotatable bonds is 7. The number of nitrogens with two attached hydrogens (primary N) is 1. The highest BCUT2D eigenvalue weighted by molar-refractivity contribution is 5.57. The van der Waals surface area contributed by atoms with Gasteiger partial charge in [0, 0.05) is 30.8 Å². The summed E-state index contributed by atoms with van der Waals surface area (Å²) >= 11 is 0. The van der Waals surface area contributed by atoms with Gasteiger partial charge in [-0.25, -0.2) is 15.8 Å². The molecular formula is C13H20N8. The number of nitrogen functional groups attached to an aromatic ring is 1. The first-order chi connectivity index (χ1) is 10.3. The maximum atomic E-state index is 5.54. The summed E-state index contributed by atoms with van der Waals surface area (Å²) in [5, 5.41) is 11.1.